The van der Waals surface area contributed by atoms with Gasteiger partial charge in [0, 0.05) is 208 Å². The van der Waals surface area contributed by atoms with Crippen molar-refractivity contribution in [2.75, 3.05) is 206 Å². The third-order valence-electron chi connectivity index (χ3n) is 22.7. The second-order valence-electron chi connectivity index (χ2n) is 30.9. The lowest BCUT2D eigenvalue weighted by Crippen LogP contribution is -2.56. The van der Waals surface area contributed by atoms with Crippen LogP contribution in [0.1, 0.15) is 133 Å². The minimum absolute atomic E-state index is 0.00326. The highest BCUT2D eigenvalue weighted by atomic mass is 16.6. The largest absolute Gasteiger partial charge is 0.497 e. The second kappa shape index (κ2) is 46.3. The highest BCUT2D eigenvalue weighted by Gasteiger charge is 2.63. The van der Waals surface area contributed by atoms with Gasteiger partial charge in [-0.05, 0) is 166 Å². The zero-order chi connectivity index (χ0) is 81.5. The number of piperazine rings is 6. The molecule has 4 aromatic rings. The molecule has 2 aliphatic carbocycles. The average Bonchev–Trinajstić information content (AvgIpc) is 1.61. The summed E-state index contributed by atoms with van der Waals surface area (Å²) in [5.41, 5.74) is 12.8. The molecule has 0 bridgehead atoms. The van der Waals surface area contributed by atoms with Crippen molar-refractivity contribution in [3.8, 4) is 28.7 Å². The first-order chi connectivity index (χ1) is 54.5. The van der Waals surface area contributed by atoms with E-state index in [-0.39, 0.29) is 35.8 Å². The van der Waals surface area contributed by atoms with Gasteiger partial charge < -0.3 is 90.1 Å². The van der Waals surface area contributed by atoms with E-state index in [1.54, 1.807) is 53.4 Å². The van der Waals surface area contributed by atoms with Crippen LogP contribution in [-0.2, 0) is 63.2 Å². The number of methoxy groups -OCH3 is 5. The van der Waals surface area contributed by atoms with Crippen LogP contribution in [0.3, 0.4) is 0 Å². The van der Waals surface area contributed by atoms with E-state index >= 15 is 0 Å². The Morgan fingerprint density at radius 2 is 1.07 bits per heavy atom. The first-order valence-electron chi connectivity index (χ1n) is 40.6. The number of hydrogen-bond acceptors (Lipinski definition) is 27. The van der Waals surface area contributed by atoms with E-state index in [1.807, 2.05) is 51.1 Å². The number of rotatable bonds is 21. The number of aliphatic hydroxyl groups is 2. The molecule has 0 radical (unpaired) electrons. The number of oxime groups is 1. The maximum Gasteiger partial charge on any atom is 0.409 e. The fourth-order valence-corrected chi connectivity index (χ4v) is 16.7. The van der Waals surface area contributed by atoms with Crippen molar-refractivity contribution in [3.63, 3.8) is 0 Å². The van der Waals surface area contributed by atoms with Crippen LogP contribution in [0.5, 0.6) is 28.7 Å². The van der Waals surface area contributed by atoms with Gasteiger partial charge in [0.1, 0.15) is 46.9 Å². The molecule has 28 nitrogen and oxygen atoms in total. The number of ketones is 1. The highest BCUT2D eigenvalue weighted by Crippen LogP contribution is 2.57. The van der Waals surface area contributed by atoms with Gasteiger partial charge in [0.25, 0.3) is 0 Å². The van der Waals surface area contributed by atoms with Crippen LogP contribution in [0.25, 0.3) is 0 Å². The molecule has 4 unspecified atom stereocenters. The standard InChI is InChI=1S/C19H30N2O3.C16H24N2O3.C15H22N2O3.C14H21N3O2.C14H22N2O2.C7H14N2O2/c1-13-4-3-5-18(2)6-7-19(23)14(12-21-10-8-20-9-11-21)17(22)24-16(19)15(13)18;1-12-8-15(20-3)9-14(16(12)11-21-13(2)19)10-18-6-4-17-5-7-18;1-11(19)15-13(9-17-5-3-16-4-6-17)7-12(10-18)8-14(15)20-2;1-11-7-12(10-17-5-3-15-4-6-17)13(9-16-18)14(8-11)19-2;1-11-8-13(17-2)9-12(14(11)18-3)10-16-6-4-15-5-7-16;1-2-11-7(10)9-5-3-8-4-6-9/h14,16,20,23H,3-12H2,1-2H3;8-9,17H,4-7,10-11H2,1-3H3;7-8,16,18H,3-6,9-10H2,1-2H3;7-9,15,18H,3-6,10H2,1-2H3;8-9,15H,4-7,10H2,1-3H3;8H,2-6H2,1H3/b;;;16-9+;;. The van der Waals surface area contributed by atoms with Crippen LogP contribution in [-0.4, -0.2) is 292 Å². The van der Waals surface area contributed by atoms with Crippen molar-refractivity contribution in [3.05, 3.63) is 121 Å². The number of nitrogens with one attached hydrogen (secondary N) is 6. The van der Waals surface area contributed by atoms with Gasteiger partial charge in [-0.25, -0.2) is 4.79 Å². The van der Waals surface area contributed by atoms with Gasteiger partial charge in [-0.3, -0.25) is 38.9 Å². The van der Waals surface area contributed by atoms with Crippen LogP contribution in [0.4, 0.5) is 4.79 Å². The monoisotopic (exact) mass is 1580 g/mol. The molecule has 9 aliphatic rings. The lowest BCUT2D eigenvalue weighted by atomic mass is 9.58. The average molecular weight is 1580 g/mol. The molecule has 13 rings (SSSR count). The lowest BCUT2D eigenvalue weighted by molar-refractivity contribution is -0.144. The number of esters is 2. The summed E-state index contributed by atoms with van der Waals surface area (Å²) in [5, 5.41) is 52.7. The maximum atomic E-state index is 12.7. The minimum Gasteiger partial charge on any atom is -0.497 e. The van der Waals surface area contributed by atoms with E-state index in [4.69, 9.17) is 43.1 Å². The van der Waals surface area contributed by atoms with Gasteiger partial charge in [-0.1, -0.05) is 29.8 Å². The Balaban J connectivity index is 0.000000172. The van der Waals surface area contributed by atoms with Crippen LogP contribution in [0, 0.1) is 32.1 Å². The van der Waals surface area contributed by atoms with Crippen molar-refractivity contribution in [2.24, 2.45) is 16.5 Å². The first-order valence-corrected chi connectivity index (χ1v) is 40.6. The van der Waals surface area contributed by atoms with Crippen LogP contribution >= 0.6 is 0 Å². The molecule has 4 atom stereocenters. The molecule has 0 spiro atoms. The SMILES string of the molecule is CC1=C2C3OC(=O)C(CN4CCNCC4)C3(O)CCC2(C)CCC1.CCOC(=O)N1CCNCC1.COc1cc(C)c(COC(C)=O)c(CN2CCNCC2)c1.COc1cc(C)c(OC)c(CN2CCNCC2)c1.COc1cc(C)cc(CN2CCNCC2)c1/C=N/O.COc1cc(CO)cc(CN2CCNCC2)c1C(C)=O. The first kappa shape index (κ1) is 91.0. The molecule has 7 aliphatic heterocycles. The zero-order valence-corrected chi connectivity index (χ0v) is 69.9. The summed E-state index contributed by atoms with van der Waals surface area (Å²) in [5.74, 6) is 3.17. The smallest absolute Gasteiger partial charge is 0.409 e. The Morgan fingerprint density at radius 3 is 1.56 bits per heavy atom. The molecule has 8 fully saturated rings. The van der Waals surface area contributed by atoms with Gasteiger partial charge in [-0.2, -0.15) is 0 Å². The summed E-state index contributed by atoms with van der Waals surface area (Å²) >= 11 is 0. The van der Waals surface area contributed by atoms with Crippen molar-refractivity contribution >= 4 is 30.0 Å². The summed E-state index contributed by atoms with van der Waals surface area (Å²) in [6.45, 7) is 43.5. The molecule has 0 aromatic heterocycles. The fourth-order valence-electron chi connectivity index (χ4n) is 16.7. The molecule has 1 saturated carbocycles. The summed E-state index contributed by atoms with van der Waals surface area (Å²) in [6, 6.07) is 15.8. The number of allylic oxidation sites excluding steroid dienone is 1. The van der Waals surface area contributed by atoms with Crippen molar-refractivity contribution in [1.29, 1.82) is 0 Å². The predicted octanol–water partition coefficient (Wildman–Crippen LogP) is 6.41. The van der Waals surface area contributed by atoms with Crippen LogP contribution in [0.15, 0.2) is 64.8 Å². The summed E-state index contributed by atoms with van der Waals surface area (Å²) in [7, 11) is 8.30. The Labute approximate surface area is 671 Å². The summed E-state index contributed by atoms with van der Waals surface area (Å²) in [4.78, 5) is 60.3. The molecule has 28 heteroatoms. The number of aliphatic hydroxyl groups excluding tert-OH is 1. The van der Waals surface area contributed by atoms with E-state index in [0.717, 1.165) is 263 Å². The molecule has 7 saturated heterocycles. The van der Waals surface area contributed by atoms with Crippen LogP contribution in [0.2, 0.25) is 0 Å². The summed E-state index contributed by atoms with van der Waals surface area (Å²) < 4.78 is 42.8. The number of ether oxygens (including phenoxy) is 8. The van der Waals surface area contributed by atoms with Gasteiger partial charge in [0.05, 0.1) is 60.5 Å². The van der Waals surface area contributed by atoms with E-state index in [1.165, 1.54) is 41.8 Å². The van der Waals surface area contributed by atoms with Gasteiger partial charge >= 0.3 is 18.0 Å². The van der Waals surface area contributed by atoms with E-state index < -0.39 is 17.6 Å². The topological polar surface area (TPSA) is 307 Å². The zero-order valence-electron chi connectivity index (χ0n) is 69.9. The number of amides is 1. The Bertz CT molecular complexity index is 3730. The highest BCUT2D eigenvalue weighted by molar-refractivity contribution is 5.98. The van der Waals surface area contributed by atoms with Gasteiger partial charge in [0.2, 0.25) is 0 Å². The number of hydrogen-bond donors (Lipinski definition) is 9. The van der Waals surface area contributed by atoms with Gasteiger partial charge in [-0.15, -0.1) is 0 Å². The number of nitrogens with zero attached hydrogens (tertiary/aromatic N) is 7. The van der Waals surface area contributed by atoms with Gasteiger partial charge in [0.15, 0.2) is 11.9 Å². The fraction of sp³-hybridized carbons (Fsp3) is 0.635. The van der Waals surface area contributed by atoms with Crippen molar-refractivity contribution < 1.29 is 72.5 Å². The molecule has 628 valence electrons. The van der Waals surface area contributed by atoms with E-state index in [9.17, 15) is 29.4 Å². The molecular formula is C85H133N13O15. The normalized spacial score (nSPS) is 22.3. The van der Waals surface area contributed by atoms with E-state index in [2.05, 4.69) is 94.5 Å². The molecular weight excluding hydrogens is 1440 g/mol. The number of Topliss-reactive ketones (excluding diaryl/α,β-unsaturated/α-hetero) is 1. The number of fused-ring (bicyclic) bond motifs is 3. The molecule has 7 heterocycles. The number of carbonyl (C=O) groups excluding carboxylic acids is 4. The van der Waals surface area contributed by atoms with Crippen LogP contribution < -0.4 is 55.6 Å². The third-order valence-corrected chi connectivity index (χ3v) is 22.7. The third kappa shape index (κ3) is 26.5. The number of aryl methyl sites for hydroxylation is 3. The number of benzene rings is 4. The quantitative estimate of drug-likeness (QED) is 0.00827. The molecule has 4 aromatic carbocycles. The van der Waals surface area contributed by atoms with Crippen molar-refractivity contribution in [2.45, 2.75) is 139 Å². The molecule has 1 amide bonds. The van der Waals surface area contributed by atoms with E-state index in [0.29, 0.717) is 44.0 Å². The maximum absolute atomic E-state index is 12.7. The Hall–Kier alpha value is -7.55. The van der Waals surface area contributed by atoms with Crippen molar-refractivity contribution in [1.82, 2.24) is 61.3 Å². The molecule has 9 N–H and O–H groups in total. The Morgan fingerprint density at radius 1 is 0.575 bits per heavy atom. The second-order valence-corrected chi connectivity index (χ2v) is 30.9. The Kier molecular flexibility index (Phi) is 37.2. The predicted molar refractivity (Wildman–Crippen MR) is 439 cm³/mol. The number of carbonyl (C=O) groups is 4. The minimum atomic E-state index is -1.02. The molecule has 113 heavy (non-hydrogen) atoms. The summed E-state index contributed by atoms with van der Waals surface area (Å²) in [6.07, 6.45) is 5.90. The lowest BCUT2D eigenvalue weighted by Gasteiger charge is -2.49.